The fourth-order valence-corrected chi connectivity index (χ4v) is 2.37. The number of hydrogen-bond donors (Lipinski definition) is 0. The number of para-hydroxylation sites is 1. The van der Waals surface area contributed by atoms with E-state index in [1.807, 2.05) is 44.2 Å². The standard InChI is InChI=1S/C15H14Cl2N2O/c1-10(2)19(11-6-4-3-5-7-11)15(20)12-8-9-13(16)18-14(12)17/h3-10H,1-2H3. The molecule has 0 radical (unpaired) electrons. The van der Waals surface area contributed by atoms with Gasteiger partial charge in [0, 0.05) is 11.7 Å². The third-order valence-electron chi connectivity index (χ3n) is 2.81. The van der Waals surface area contributed by atoms with Crippen molar-refractivity contribution in [2.75, 3.05) is 4.90 Å². The van der Waals surface area contributed by atoms with Crippen molar-refractivity contribution in [3.63, 3.8) is 0 Å². The number of carbonyl (C=O) groups is 1. The van der Waals surface area contributed by atoms with Crippen LogP contribution < -0.4 is 4.90 Å². The molecule has 0 N–H and O–H groups in total. The predicted molar refractivity (Wildman–Crippen MR) is 82.6 cm³/mol. The lowest BCUT2D eigenvalue weighted by molar-refractivity contribution is 0.0980. The van der Waals surface area contributed by atoms with Crippen LogP contribution in [0.3, 0.4) is 0 Å². The number of pyridine rings is 1. The van der Waals surface area contributed by atoms with Gasteiger partial charge >= 0.3 is 0 Å². The van der Waals surface area contributed by atoms with Crippen molar-refractivity contribution in [2.24, 2.45) is 0 Å². The summed E-state index contributed by atoms with van der Waals surface area (Å²) >= 11 is 11.8. The van der Waals surface area contributed by atoms with Crippen LogP contribution in [0.5, 0.6) is 0 Å². The summed E-state index contributed by atoms with van der Waals surface area (Å²) in [5.74, 6) is -0.194. The third kappa shape index (κ3) is 3.11. The first-order valence-electron chi connectivity index (χ1n) is 6.21. The minimum atomic E-state index is -0.194. The highest BCUT2D eigenvalue weighted by molar-refractivity contribution is 6.35. The Morgan fingerprint density at radius 2 is 1.75 bits per heavy atom. The maximum absolute atomic E-state index is 12.7. The van der Waals surface area contributed by atoms with Gasteiger partial charge in [-0.1, -0.05) is 41.4 Å². The van der Waals surface area contributed by atoms with Crippen molar-refractivity contribution >= 4 is 34.8 Å². The van der Waals surface area contributed by atoms with E-state index in [0.717, 1.165) is 5.69 Å². The van der Waals surface area contributed by atoms with Crippen molar-refractivity contribution in [2.45, 2.75) is 19.9 Å². The van der Waals surface area contributed by atoms with Gasteiger partial charge in [-0.05, 0) is 38.1 Å². The van der Waals surface area contributed by atoms with Gasteiger partial charge < -0.3 is 4.90 Å². The number of aromatic nitrogens is 1. The second kappa shape index (κ2) is 6.25. The van der Waals surface area contributed by atoms with Gasteiger partial charge in [-0.25, -0.2) is 4.98 Å². The minimum Gasteiger partial charge on any atom is -0.306 e. The van der Waals surface area contributed by atoms with Crippen LogP contribution >= 0.6 is 23.2 Å². The fraction of sp³-hybridized carbons (Fsp3) is 0.200. The molecule has 0 saturated carbocycles. The number of anilines is 1. The van der Waals surface area contributed by atoms with E-state index in [-0.39, 0.29) is 22.3 Å². The lowest BCUT2D eigenvalue weighted by atomic mass is 10.1. The molecule has 0 bridgehead atoms. The van der Waals surface area contributed by atoms with Crippen LogP contribution in [0.25, 0.3) is 0 Å². The molecule has 2 aromatic rings. The van der Waals surface area contributed by atoms with Crippen molar-refractivity contribution < 1.29 is 4.79 Å². The van der Waals surface area contributed by atoms with E-state index < -0.39 is 0 Å². The molecule has 0 aliphatic rings. The quantitative estimate of drug-likeness (QED) is 0.785. The van der Waals surface area contributed by atoms with Gasteiger partial charge in [-0.15, -0.1) is 0 Å². The van der Waals surface area contributed by atoms with Crippen molar-refractivity contribution in [3.8, 4) is 0 Å². The molecule has 2 rings (SSSR count). The fourth-order valence-electron chi connectivity index (χ4n) is 1.94. The summed E-state index contributed by atoms with van der Waals surface area (Å²) in [5, 5.41) is 0.381. The van der Waals surface area contributed by atoms with E-state index in [4.69, 9.17) is 23.2 Å². The molecule has 0 spiro atoms. The maximum Gasteiger partial charge on any atom is 0.261 e. The van der Waals surface area contributed by atoms with E-state index in [1.165, 1.54) is 0 Å². The summed E-state index contributed by atoms with van der Waals surface area (Å²) in [7, 11) is 0. The first kappa shape index (κ1) is 14.8. The molecule has 20 heavy (non-hydrogen) atoms. The second-order valence-electron chi connectivity index (χ2n) is 4.58. The molecule has 3 nitrogen and oxygen atoms in total. The lowest BCUT2D eigenvalue weighted by Crippen LogP contribution is -2.37. The highest BCUT2D eigenvalue weighted by Gasteiger charge is 2.23. The van der Waals surface area contributed by atoms with E-state index in [2.05, 4.69) is 4.98 Å². The minimum absolute atomic E-state index is 0.00311. The number of carbonyl (C=O) groups excluding carboxylic acids is 1. The van der Waals surface area contributed by atoms with Gasteiger partial charge in [0.1, 0.15) is 10.3 Å². The molecule has 1 aromatic carbocycles. The molecule has 0 saturated heterocycles. The highest BCUT2D eigenvalue weighted by atomic mass is 35.5. The zero-order valence-electron chi connectivity index (χ0n) is 11.2. The van der Waals surface area contributed by atoms with Crippen LogP contribution in [-0.4, -0.2) is 16.9 Å². The Morgan fingerprint density at radius 1 is 1.10 bits per heavy atom. The molecule has 1 aromatic heterocycles. The molecule has 0 atom stereocenters. The molecular weight excluding hydrogens is 295 g/mol. The first-order chi connectivity index (χ1) is 9.50. The number of nitrogens with zero attached hydrogens (tertiary/aromatic N) is 2. The first-order valence-corrected chi connectivity index (χ1v) is 6.97. The van der Waals surface area contributed by atoms with E-state index >= 15 is 0 Å². The number of benzene rings is 1. The van der Waals surface area contributed by atoms with Crippen LogP contribution in [0.2, 0.25) is 10.3 Å². The summed E-state index contributed by atoms with van der Waals surface area (Å²) < 4.78 is 0. The van der Waals surface area contributed by atoms with Crippen LogP contribution in [0.15, 0.2) is 42.5 Å². The number of hydrogen-bond acceptors (Lipinski definition) is 2. The molecule has 5 heteroatoms. The van der Waals surface area contributed by atoms with Gasteiger partial charge in [0.25, 0.3) is 5.91 Å². The van der Waals surface area contributed by atoms with Gasteiger partial charge in [0.2, 0.25) is 0 Å². The predicted octanol–water partition coefficient (Wildman–Crippen LogP) is 4.44. The Morgan fingerprint density at radius 3 is 2.30 bits per heavy atom. The van der Waals surface area contributed by atoms with E-state index in [9.17, 15) is 4.79 Å². The van der Waals surface area contributed by atoms with Crippen LogP contribution in [0.1, 0.15) is 24.2 Å². The monoisotopic (exact) mass is 308 g/mol. The van der Waals surface area contributed by atoms with Gasteiger partial charge in [-0.3, -0.25) is 4.79 Å². The number of amides is 1. The third-order valence-corrected chi connectivity index (χ3v) is 3.31. The maximum atomic E-state index is 12.7. The summed E-state index contributed by atoms with van der Waals surface area (Å²) in [5.41, 5.74) is 1.16. The summed E-state index contributed by atoms with van der Waals surface area (Å²) in [6.45, 7) is 3.89. The largest absolute Gasteiger partial charge is 0.306 e. The van der Waals surface area contributed by atoms with Crippen molar-refractivity contribution in [1.29, 1.82) is 0 Å². The molecule has 0 aliphatic carbocycles. The summed E-state index contributed by atoms with van der Waals surface area (Å²) in [6, 6.07) is 12.6. The van der Waals surface area contributed by atoms with Gasteiger partial charge in [0.15, 0.2) is 0 Å². The summed E-state index contributed by atoms with van der Waals surface area (Å²) in [4.78, 5) is 18.3. The van der Waals surface area contributed by atoms with Gasteiger partial charge in [0.05, 0.1) is 5.56 Å². The SMILES string of the molecule is CC(C)N(C(=O)c1ccc(Cl)nc1Cl)c1ccccc1. The van der Waals surface area contributed by atoms with Gasteiger partial charge in [-0.2, -0.15) is 0 Å². The van der Waals surface area contributed by atoms with Crippen LogP contribution in [0.4, 0.5) is 5.69 Å². The molecule has 0 unspecified atom stereocenters. The topological polar surface area (TPSA) is 33.2 Å². The van der Waals surface area contributed by atoms with Crippen LogP contribution in [0, 0.1) is 0 Å². The zero-order chi connectivity index (χ0) is 14.7. The smallest absolute Gasteiger partial charge is 0.261 e. The number of rotatable bonds is 3. The Hall–Kier alpha value is -1.58. The Balaban J connectivity index is 2.42. The van der Waals surface area contributed by atoms with Crippen LogP contribution in [-0.2, 0) is 0 Å². The average Bonchev–Trinajstić information content (AvgIpc) is 2.39. The average molecular weight is 309 g/mol. The van der Waals surface area contributed by atoms with Crippen molar-refractivity contribution in [1.82, 2.24) is 4.98 Å². The molecule has 1 amide bonds. The normalized spacial score (nSPS) is 10.7. The molecule has 0 fully saturated rings. The summed E-state index contributed by atoms with van der Waals surface area (Å²) in [6.07, 6.45) is 0. The zero-order valence-corrected chi connectivity index (χ0v) is 12.7. The number of halogens is 2. The Kier molecular flexibility index (Phi) is 4.63. The molecular formula is C15H14Cl2N2O. The van der Waals surface area contributed by atoms with Crippen molar-refractivity contribution in [3.05, 3.63) is 58.3 Å². The van der Waals surface area contributed by atoms with E-state index in [0.29, 0.717) is 5.56 Å². The Bertz CT molecular complexity index is 615. The Labute approximate surface area is 128 Å². The molecule has 1 heterocycles. The molecule has 104 valence electrons. The van der Waals surface area contributed by atoms with E-state index in [1.54, 1.807) is 17.0 Å². The lowest BCUT2D eigenvalue weighted by Gasteiger charge is -2.27. The molecule has 0 aliphatic heterocycles. The highest BCUT2D eigenvalue weighted by Crippen LogP contribution is 2.23. The second-order valence-corrected chi connectivity index (χ2v) is 5.32.